The molecule has 1 N–H and O–H groups in total. The molecule has 0 atom stereocenters. The van der Waals surface area contributed by atoms with E-state index >= 15 is 0 Å². The summed E-state index contributed by atoms with van der Waals surface area (Å²) in [5, 5.41) is 0.118. The molecule has 0 aromatic carbocycles. The summed E-state index contributed by atoms with van der Waals surface area (Å²) in [7, 11) is 1.53. The Morgan fingerprint density at radius 1 is 1.41 bits per heavy atom. The molecule has 96 valence electrons. The van der Waals surface area contributed by atoms with Gasteiger partial charge in [0.25, 0.3) is 5.56 Å². The Balaban J connectivity index is 3.55. The van der Waals surface area contributed by atoms with Gasteiger partial charge in [0.1, 0.15) is 5.15 Å². The Morgan fingerprint density at radius 2 is 2.00 bits per heavy atom. The van der Waals surface area contributed by atoms with Crippen molar-refractivity contribution in [2.24, 2.45) is 0 Å². The second kappa shape index (κ2) is 5.06. The maximum atomic E-state index is 12.2. The lowest BCUT2D eigenvalue weighted by molar-refractivity contribution is 0.104. The number of halogens is 1. The monoisotopic (exact) mass is 260 g/mol. The van der Waals surface area contributed by atoms with Gasteiger partial charge in [0.05, 0.1) is 17.7 Å². The zero-order chi connectivity index (χ0) is 13.2. The predicted octanol–water partition coefficient (Wildman–Crippen LogP) is 1.13. The lowest BCUT2D eigenvalue weighted by Crippen LogP contribution is -2.49. The zero-order valence-corrected chi connectivity index (χ0v) is 11.2. The van der Waals surface area contributed by atoms with Crippen LogP contribution in [0, 0.1) is 0 Å². The molecule has 6 heteroatoms. The first-order chi connectivity index (χ1) is 7.85. The van der Waals surface area contributed by atoms with Crippen LogP contribution in [-0.4, -0.2) is 23.3 Å². The molecule has 0 saturated carbocycles. The topological polar surface area (TPSA) is 64.1 Å². The molecule has 0 bridgehead atoms. The molecule has 5 nitrogen and oxygen atoms in total. The van der Waals surface area contributed by atoms with E-state index in [1.165, 1.54) is 7.11 Å². The van der Waals surface area contributed by atoms with E-state index in [4.69, 9.17) is 16.3 Å². The molecule has 0 unspecified atom stereocenters. The normalized spacial score (nSPS) is 11.8. The molecule has 1 heterocycles. The lowest BCUT2D eigenvalue weighted by Gasteiger charge is -2.26. The Labute approximate surface area is 104 Å². The molecule has 0 aliphatic carbocycles. The Kier molecular flexibility index (Phi) is 4.16. The average molecular weight is 261 g/mol. The first-order valence-electron chi connectivity index (χ1n) is 5.38. The van der Waals surface area contributed by atoms with Crippen LogP contribution in [0.25, 0.3) is 0 Å². The van der Waals surface area contributed by atoms with E-state index in [1.807, 2.05) is 6.92 Å². The van der Waals surface area contributed by atoms with Crippen molar-refractivity contribution in [3.63, 3.8) is 0 Å². The number of nitrogens with zero attached hydrogens (tertiary/aromatic N) is 1. The van der Waals surface area contributed by atoms with Gasteiger partial charge in [0.15, 0.2) is 0 Å². The highest BCUT2D eigenvalue weighted by Gasteiger charge is 2.26. The first-order valence-corrected chi connectivity index (χ1v) is 5.76. The van der Waals surface area contributed by atoms with Crippen LogP contribution in [0.3, 0.4) is 0 Å². The molecule has 0 radical (unpaired) electrons. The Hall–Kier alpha value is -1.07. The Bertz CT molecular complexity index is 516. The van der Waals surface area contributed by atoms with Crippen LogP contribution < -0.4 is 11.2 Å². The van der Waals surface area contributed by atoms with E-state index in [-0.39, 0.29) is 17.3 Å². The van der Waals surface area contributed by atoms with Crippen molar-refractivity contribution in [3.05, 3.63) is 31.6 Å². The number of rotatable bonds is 4. The minimum Gasteiger partial charge on any atom is -0.382 e. The van der Waals surface area contributed by atoms with E-state index in [2.05, 4.69) is 4.98 Å². The second-order valence-corrected chi connectivity index (χ2v) is 4.84. The van der Waals surface area contributed by atoms with Crippen LogP contribution in [0.1, 0.15) is 26.3 Å². The molecular weight excluding hydrogens is 244 g/mol. The van der Waals surface area contributed by atoms with Crippen LogP contribution >= 0.6 is 11.6 Å². The smallest absolute Gasteiger partial charge is 0.330 e. The molecule has 0 fully saturated rings. The summed E-state index contributed by atoms with van der Waals surface area (Å²) in [5.74, 6) is 0. The molecule has 0 amide bonds. The van der Waals surface area contributed by atoms with Gasteiger partial charge in [-0.05, 0) is 20.3 Å². The fourth-order valence-electron chi connectivity index (χ4n) is 1.82. The highest BCUT2D eigenvalue weighted by Crippen LogP contribution is 2.13. The van der Waals surface area contributed by atoms with Crippen LogP contribution in [0.5, 0.6) is 0 Å². The summed E-state index contributed by atoms with van der Waals surface area (Å²) in [6, 6.07) is 0. The number of hydrogen-bond donors (Lipinski definition) is 1. The van der Waals surface area contributed by atoms with E-state index in [0.29, 0.717) is 12.0 Å². The lowest BCUT2D eigenvalue weighted by atomic mass is 10.1. The number of hydrogen-bond acceptors (Lipinski definition) is 3. The minimum absolute atomic E-state index is 0.118. The predicted molar refractivity (Wildman–Crippen MR) is 66.9 cm³/mol. The largest absolute Gasteiger partial charge is 0.382 e. The number of aromatic nitrogens is 2. The molecule has 1 rings (SSSR count). The number of aromatic amines is 1. The number of ether oxygens (including phenoxy) is 1. The molecule has 17 heavy (non-hydrogen) atoms. The molecule has 1 aromatic heterocycles. The number of H-pyrrole nitrogens is 1. The van der Waals surface area contributed by atoms with Crippen molar-refractivity contribution in [1.82, 2.24) is 9.55 Å². The van der Waals surface area contributed by atoms with E-state index < -0.39 is 11.2 Å². The Morgan fingerprint density at radius 3 is 2.47 bits per heavy atom. The first kappa shape index (κ1) is 14.0. The third-order valence-electron chi connectivity index (χ3n) is 2.60. The van der Waals surface area contributed by atoms with Gasteiger partial charge in [0, 0.05) is 7.11 Å². The van der Waals surface area contributed by atoms with Crippen molar-refractivity contribution in [3.8, 4) is 0 Å². The fraction of sp³-hybridized carbons (Fsp3) is 0.636. The van der Waals surface area contributed by atoms with Crippen molar-refractivity contribution < 1.29 is 4.74 Å². The van der Waals surface area contributed by atoms with Crippen LogP contribution in [0.2, 0.25) is 5.15 Å². The van der Waals surface area contributed by atoms with E-state index in [1.54, 1.807) is 13.8 Å². The summed E-state index contributed by atoms with van der Waals surface area (Å²) >= 11 is 5.83. The quantitative estimate of drug-likeness (QED) is 0.826. The summed E-state index contributed by atoms with van der Waals surface area (Å²) < 4.78 is 6.18. The van der Waals surface area contributed by atoms with Crippen LogP contribution in [0.15, 0.2) is 9.59 Å². The second-order valence-electron chi connectivity index (χ2n) is 4.46. The maximum absolute atomic E-state index is 12.2. The van der Waals surface area contributed by atoms with Gasteiger partial charge in [-0.15, -0.1) is 0 Å². The van der Waals surface area contributed by atoms with Crippen molar-refractivity contribution in [2.75, 3.05) is 13.7 Å². The molecule has 1 aromatic rings. The highest BCUT2D eigenvalue weighted by atomic mass is 35.5. The third kappa shape index (κ3) is 2.61. The van der Waals surface area contributed by atoms with Gasteiger partial charge in [-0.2, -0.15) is 0 Å². The van der Waals surface area contributed by atoms with Crippen LogP contribution in [0.4, 0.5) is 0 Å². The summed E-state index contributed by atoms with van der Waals surface area (Å²) in [6.45, 7) is 5.61. The average Bonchev–Trinajstić information content (AvgIpc) is 2.16. The van der Waals surface area contributed by atoms with Gasteiger partial charge in [-0.1, -0.05) is 18.5 Å². The summed E-state index contributed by atoms with van der Waals surface area (Å²) in [5.41, 5.74) is -1.17. The van der Waals surface area contributed by atoms with Gasteiger partial charge in [0.2, 0.25) is 0 Å². The summed E-state index contributed by atoms with van der Waals surface area (Å²) in [4.78, 5) is 26.5. The minimum atomic E-state index is -0.714. The number of nitrogens with one attached hydrogen (secondary N) is 1. The van der Waals surface area contributed by atoms with Crippen molar-refractivity contribution in [1.29, 1.82) is 0 Å². The number of methoxy groups -OCH3 is 1. The third-order valence-corrected chi connectivity index (χ3v) is 2.93. The van der Waals surface area contributed by atoms with E-state index in [9.17, 15) is 9.59 Å². The standard InChI is InChI=1S/C11H17ClN2O3/c1-5-7-8(12)13-10(16)14(9(7)15)11(2,3)6-17-4/h5-6H2,1-4H3,(H,13,16). The van der Waals surface area contributed by atoms with Crippen LogP contribution in [-0.2, 0) is 16.7 Å². The summed E-state index contributed by atoms with van der Waals surface area (Å²) in [6.07, 6.45) is 0.470. The van der Waals surface area contributed by atoms with Gasteiger partial charge in [-0.25, -0.2) is 4.79 Å². The SMILES string of the molecule is CCc1c(Cl)[nH]c(=O)n(C(C)(C)COC)c1=O. The molecule has 0 saturated heterocycles. The highest BCUT2D eigenvalue weighted by molar-refractivity contribution is 6.30. The van der Waals surface area contributed by atoms with E-state index in [0.717, 1.165) is 4.57 Å². The van der Waals surface area contributed by atoms with Crippen molar-refractivity contribution >= 4 is 11.6 Å². The molecule has 0 aliphatic heterocycles. The zero-order valence-electron chi connectivity index (χ0n) is 10.5. The molecule has 0 aliphatic rings. The molecular formula is C11H17ClN2O3. The van der Waals surface area contributed by atoms with Gasteiger partial charge in [-0.3, -0.25) is 14.3 Å². The maximum Gasteiger partial charge on any atom is 0.330 e. The van der Waals surface area contributed by atoms with Crippen molar-refractivity contribution in [2.45, 2.75) is 32.7 Å². The molecule has 0 spiro atoms. The van der Waals surface area contributed by atoms with Gasteiger partial charge >= 0.3 is 5.69 Å². The fourth-order valence-corrected chi connectivity index (χ4v) is 2.12. The van der Waals surface area contributed by atoms with Gasteiger partial charge < -0.3 is 4.74 Å².